The van der Waals surface area contributed by atoms with Crippen LogP contribution in [0.3, 0.4) is 0 Å². The predicted octanol–water partition coefficient (Wildman–Crippen LogP) is 1.47. The van der Waals surface area contributed by atoms with Gasteiger partial charge in [-0.05, 0) is 25.0 Å². The fraction of sp³-hybridized carbons (Fsp3) is 0.417. The van der Waals surface area contributed by atoms with E-state index in [-0.39, 0.29) is 33.1 Å². The van der Waals surface area contributed by atoms with E-state index in [1.807, 2.05) is 0 Å². The number of rotatable bonds is 3. The van der Waals surface area contributed by atoms with Gasteiger partial charge in [-0.3, -0.25) is 4.79 Å². The molecule has 1 amide bonds. The summed E-state index contributed by atoms with van der Waals surface area (Å²) in [6.45, 7) is 0.247. The lowest BCUT2D eigenvalue weighted by Crippen LogP contribution is -2.44. The number of hydrogen-bond donors (Lipinski definition) is 2. The molecule has 116 valence electrons. The van der Waals surface area contributed by atoms with Gasteiger partial charge in [-0.2, -0.15) is 4.31 Å². The molecular weight excluding hydrogens is 337 g/mol. The number of likely N-dealkylation sites (N-methyl/N-ethyl adjacent to an activating group) is 1. The monoisotopic (exact) mass is 351 g/mol. The van der Waals surface area contributed by atoms with Crippen molar-refractivity contribution in [2.75, 3.05) is 19.3 Å². The number of sulfonamides is 1. The third kappa shape index (κ3) is 2.96. The van der Waals surface area contributed by atoms with Crippen LogP contribution in [0.4, 0.5) is 5.69 Å². The van der Waals surface area contributed by atoms with E-state index >= 15 is 0 Å². The quantitative estimate of drug-likeness (QED) is 0.806. The molecule has 1 aromatic rings. The van der Waals surface area contributed by atoms with E-state index in [9.17, 15) is 13.2 Å². The van der Waals surface area contributed by atoms with Crippen LogP contribution < -0.4 is 11.1 Å². The van der Waals surface area contributed by atoms with E-state index in [1.54, 1.807) is 0 Å². The van der Waals surface area contributed by atoms with Gasteiger partial charge in [0.05, 0.1) is 10.0 Å². The Morgan fingerprint density at radius 1 is 1.38 bits per heavy atom. The minimum Gasteiger partial charge on any atom is -0.399 e. The standard InChI is InChI=1S/C12H15Cl2N3O3S/c1-16-12(18)10-3-2-4-17(10)21(19,20)11-8(13)5-7(15)6-9(11)14/h5-6,10H,2-4,15H2,1H3,(H,16,18). The maximum atomic E-state index is 12.8. The van der Waals surface area contributed by atoms with Crippen LogP contribution in [0, 0.1) is 0 Å². The molecule has 0 saturated carbocycles. The molecule has 2 rings (SSSR count). The fourth-order valence-electron chi connectivity index (χ4n) is 2.40. The number of halogens is 2. The number of benzene rings is 1. The maximum Gasteiger partial charge on any atom is 0.246 e. The van der Waals surface area contributed by atoms with Crippen molar-refractivity contribution < 1.29 is 13.2 Å². The van der Waals surface area contributed by atoms with Crippen LogP contribution in [0.2, 0.25) is 10.0 Å². The van der Waals surface area contributed by atoms with Crippen molar-refractivity contribution in [1.82, 2.24) is 9.62 Å². The molecular formula is C12H15Cl2N3O3S. The van der Waals surface area contributed by atoms with Crippen LogP contribution in [0.1, 0.15) is 12.8 Å². The van der Waals surface area contributed by atoms with Crippen LogP contribution >= 0.6 is 23.2 Å². The van der Waals surface area contributed by atoms with Gasteiger partial charge >= 0.3 is 0 Å². The van der Waals surface area contributed by atoms with E-state index in [1.165, 1.54) is 19.2 Å². The Kier molecular flexibility index (Phi) is 4.67. The smallest absolute Gasteiger partial charge is 0.246 e. The van der Waals surface area contributed by atoms with Crippen LogP contribution in [0.15, 0.2) is 17.0 Å². The number of nitrogen functional groups attached to an aromatic ring is 1. The molecule has 0 spiro atoms. The number of nitrogens with two attached hydrogens (primary N) is 1. The molecule has 3 N–H and O–H groups in total. The predicted molar refractivity (Wildman–Crippen MR) is 81.9 cm³/mol. The summed E-state index contributed by atoms with van der Waals surface area (Å²) in [4.78, 5) is 11.6. The van der Waals surface area contributed by atoms with Crippen LogP contribution in [0.25, 0.3) is 0 Å². The van der Waals surface area contributed by atoms with Crippen molar-refractivity contribution in [1.29, 1.82) is 0 Å². The first-order chi connectivity index (χ1) is 9.78. The molecule has 1 unspecified atom stereocenters. The van der Waals surface area contributed by atoms with Crippen LogP contribution in [0.5, 0.6) is 0 Å². The zero-order valence-electron chi connectivity index (χ0n) is 11.3. The first kappa shape index (κ1) is 16.4. The Morgan fingerprint density at radius 3 is 2.48 bits per heavy atom. The molecule has 1 fully saturated rings. The maximum absolute atomic E-state index is 12.8. The van der Waals surface area contributed by atoms with Gasteiger partial charge in [0.15, 0.2) is 0 Å². The number of nitrogens with one attached hydrogen (secondary N) is 1. The highest BCUT2D eigenvalue weighted by molar-refractivity contribution is 7.89. The Labute approximate surface area is 133 Å². The molecule has 6 nitrogen and oxygen atoms in total. The molecule has 0 aliphatic carbocycles. The average Bonchev–Trinajstić information content (AvgIpc) is 2.86. The van der Waals surface area contributed by atoms with Crippen LogP contribution in [-0.2, 0) is 14.8 Å². The van der Waals surface area contributed by atoms with E-state index < -0.39 is 16.1 Å². The molecule has 0 aromatic heterocycles. The third-order valence-electron chi connectivity index (χ3n) is 3.34. The van der Waals surface area contributed by atoms with E-state index in [2.05, 4.69) is 5.32 Å². The molecule has 9 heteroatoms. The van der Waals surface area contributed by atoms with E-state index in [0.29, 0.717) is 12.8 Å². The Morgan fingerprint density at radius 2 is 1.95 bits per heavy atom. The number of nitrogens with zero attached hydrogens (tertiary/aromatic N) is 1. The van der Waals surface area contributed by atoms with Crippen molar-refractivity contribution in [2.24, 2.45) is 0 Å². The molecule has 1 aliphatic rings. The molecule has 1 saturated heterocycles. The lowest BCUT2D eigenvalue weighted by molar-refractivity contribution is -0.123. The number of amides is 1. The summed E-state index contributed by atoms with van der Waals surface area (Å²) in [6, 6.07) is 1.90. The third-order valence-corrected chi connectivity index (χ3v) is 6.17. The molecule has 0 radical (unpaired) electrons. The zero-order valence-corrected chi connectivity index (χ0v) is 13.6. The summed E-state index contributed by atoms with van der Waals surface area (Å²) >= 11 is 12.0. The highest BCUT2D eigenvalue weighted by Crippen LogP contribution is 2.36. The summed E-state index contributed by atoms with van der Waals surface area (Å²) in [5.74, 6) is -0.348. The second-order valence-electron chi connectivity index (χ2n) is 4.70. The minimum atomic E-state index is -3.97. The second kappa shape index (κ2) is 6.00. The van der Waals surface area contributed by atoms with Crippen molar-refractivity contribution in [3.63, 3.8) is 0 Å². The minimum absolute atomic E-state index is 0.0532. The lowest BCUT2D eigenvalue weighted by atomic mass is 10.2. The lowest BCUT2D eigenvalue weighted by Gasteiger charge is -2.23. The Bertz CT molecular complexity index is 655. The molecule has 21 heavy (non-hydrogen) atoms. The van der Waals surface area contributed by atoms with Crippen molar-refractivity contribution in [3.05, 3.63) is 22.2 Å². The topological polar surface area (TPSA) is 92.5 Å². The highest BCUT2D eigenvalue weighted by Gasteiger charge is 2.40. The summed E-state index contributed by atoms with van der Waals surface area (Å²) in [6.07, 6.45) is 1.06. The van der Waals surface area contributed by atoms with E-state index in [4.69, 9.17) is 28.9 Å². The number of hydrogen-bond acceptors (Lipinski definition) is 4. The molecule has 1 aromatic carbocycles. The summed E-state index contributed by atoms with van der Waals surface area (Å²) in [7, 11) is -2.50. The second-order valence-corrected chi connectivity index (χ2v) is 7.34. The molecule has 1 heterocycles. The highest BCUT2D eigenvalue weighted by atomic mass is 35.5. The summed E-state index contributed by atoms with van der Waals surface area (Å²) in [5.41, 5.74) is 5.85. The number of anilines is 1. The van der Waals surface area contributed by atoms with Crippen molar-refractivity contribution in [2.45, 2.75) is 23.8 Å². The van der Waals surface area contributed by atoms with Gasteiger partial charge in [0, 0.05) is 19.3 Å². The Hall–Kier alpha value is -1.02. The normalized spacial score (nSPS) is 19.7. The van der Waals surface area contributed by atoms with Gasteiger partial charge in [0.1, 0.15) is 10.9 Å². The van der Waals surface area contributed by atoms with Crippen LogP contribution in [-0.4, -0.2) is 38.3 Å². The number of carbonyl (C=O) groups is 1. The first-order valence-electron chi connectivity index (χ1n) is 6.27. The van der Waals surface area contributed by atoms with Gasteiger partial charge in [-0.1, -0.05) is 23.2 Å². The average molecular weight is 352 g/mol. The van der Waals surface area contributed by atoms with Gasteiger partial charge < -0.3 is 11.1 Å². The summed E-state index contributed by atoms with van der Waals surface area (Å²) in [5, 5.41) is 2.36. The summed E-state index contributed by atoms with van der Waals surface area (Å²) < 4.78 is 26.6. The van der Waals surface area contributed by atoms with Gasteiger partial charge in [-0.15, -0.1) is 0 Å². The fourth-order valence-corrected chi connectivity index (χ4v) is 5.24. The SMILES string of the molecule is CNC(=O)C1CCCN1S(=O)(=O)c1c(Cl)cc(N)cc1Cl. The largest absolute Gasteiger partial charge is 0.399 e. The zero-order chi connectivity index (χ0) is 15.8. The molecule has 0 bridgehead atoms. The van der Waals surface area contributed by atoms with E-state index in [0.717, 1.165) is 4.31 Å². The van der Waals surface area contributed by atoms with Gasteiger partial charge in [-0.25, -0.2) is 8.42 Å². The van der Waals surface area contributed by atoms with Crippen molar-refractivity contribution in [3.8, 4) is 0 Å². The van der Waals surface area contributed by atoms with Gasteiger partial charge in [0.2, 0.25) is 15.9 Å². The molecule has 1 aliphatic heterocycles. The number of carbonyl (C=O) groups excluding carboxylic acids is 1. The Balaban J connectivity index is 2.50. The first-order valence-corrected chi connectivity index (χ1v) is 8.46. The van der Waals surface area contributed by atoms with Gasteiger partial charge in [0.25, 0.3) is 0 Å². The molecule has 1 atom stereocenters. The van der Waals surface area contributed by atoms with Crippen molar-refractivity contribution >= 4 is 44.8 Å².